The Bertz CT molecular complexity index is 736. The molecule has 1 heterocycles. The van der Waals surface area contributed by atoms with Crippen LogP contribution in [0.4, 0.5) is 0 Å². The summed E-state index contributed by atoms with van der Waals surface area (Å²) in [6.07, 6.45) is 1.89. The van der Waals surface area contributed by atoms with Crippen molar-refractivity contribution in [2.24, 2.45) is 0 Å². The maximum Gasteiger partial charge on any atom is 0.234 e. The van der Waals surface area contributed by atoms with Gasteiger partial charge in [-0.2, -0.15) is 0 Å². The van der Waals surface area contributed by atoms with Crippen LogP contribution in [0.3, 0.4) is 0 Å². The quantitative estimate of drug-likeness (QED) is 0.758. The fourth-order valence-corrected chi connectivity index (χ4v) is 3.20. The first-order chi connectivity index (χ1) is 12.6. The number of likely N-dealkylation sites (N-methyl/N-ethyl adjacent to an activating group) is 1. The van der Waals surface area contributed by atoms with Crippen molar-refractivity contribution in [3.8, 4) is 11.5 Å². The molecule has 0 spiro atoms. The van der Waals surface area contributed by atoms with Gasteiger partial charge < -0.3 is 14.8 Å². The first-order valence-corrected chi connectivity index (χ1v) is 9.83. The summed E-state index contributed by atoms with van der Waals surface area (Å²) in [5.74, 6) is 1.46. The molecule has 0 saturated heterocycles. The highest BCUT2D eigenvalue weighted by molar-refractivity contribution is 7.98. The molecule has 1 amide bonds. The number of ether oxygens (including phenoxy) is 2. The number of amides is 1. The zero-order valence-corrected chi connectivity index (χ0v) is 15.9. The molecule has 0 bridgehead atoms. The van der Waals surface area contributed by atoms with E-state index in [-0.39, 0.29) is 12.0 Å². The monoisotopic (exact) mass is 372 g/mol. The number of rotatable bonds is 7. The van der Waals surface area contributed by atoms with Gasteiger partial charge in [0.15, 0.2) is 11.5 Å². The Morgan fingerprint density at radius 1 is 1.19 bits per heavy atom. The predicted molar refractivity (Wildman–Crippen MR) is 104 cm³/mol. The number of hydrogen-bond donors (Lipinski definition) is 1. The van der Waals surface area contributed by atoms with Crippen LogP contribution in [0, 0.1) is 0 Å². The third-order valence-electron chi connectivity index (χ3n) is 4.12. The number of fused-ring (bicyclic) bond motifs is 1. The summed E-state index contributed by atoms with van der Waals surface area (Å²) in [4.78, 5) is 15.4. The van der Waals surface area contributed by atoms with Gasteiger partial charge in [-0.25, -0.2) is 0 Å². The summed E-state index contributed by atoms with van der Waals surface area (Å²) < 4.78 is 11.5. The van der Waals surface area contributed by atoms with E-state index in [0.29, 0.717) is 19.7 Å². The molecule has 0 saturated carbocycles. The van der Waals surface area contributed by atoms with Crippen LogP contribution in [0.1, 0.15) is 5.56 Å². The molecule has 3 rings (SSSR count). The van der Waals surface area contributed by atoms with E-state index in [1.54, 1.807) is 11.8 Å². The lowest BCUT2D eigenvalue weighted by Gasteiger charge is -2.26. The van der Waals surface area contributed by atoms with Gasteiger partial charge in [-0.15, -0.1) is 11.8 Å². The molecule has 0 radical (unpaired) electrons. The summed E-state index contributed by atoms with van der Waals surface area (Å²) >= 11 is 1.72. The number of benzene rings is 2. The van der Waals surface area contributed by atoms with Crippen LogP contribution in [-0.2, 0) is 11.3 Å². The average molecular weight is 372 g/mol. The summed E-state index contributed by atoms with van der Waals surface area (Å²) in [7, 11) is 1.94. The predicted octanol–water partition coefficient (Wildman–Crippen LogP) is 2.80. The Morgan fingerprint density at radius 3 is 2.65 bits per heavy atom. The number of hydrogen-bond acceptors (Lipinski definition) is 5. The van der Waals surface area contributed by atoms with E-state index in [2.05, 4.69) is 35.8 Å². The van der Waals surface area contributed by atoms with E-state index in [4.69, 9.17) is 9.47 Å². The maximum atomic E-state index is 12.2. The molecule has 26 heavy (non-hydrogen) atoms. The molecule has 1 atom stereocenters. The standard InChI is InChI=1S/C20H24N2O3S/c1-22(12-15-7-9-17(26-2)10-8-15)13-20(23)21-11-16-14-24-18-5-3-4-6-19(18)25-16/h3-10,16H,11-14H2,1-2H3,(H,21,23). The topological polar surface area (TPSA) is 50.8 Å². The minimum Gasteiger partial charge on any atom is -0.486 e. The molecule has 1 unspecified atom stereocenters. The van der Waals surface area contributed by atoms with Crippen molar-refractivity contribution in [3.63, 3.8) is 0 Å². The second kappa shape index (κ2) is 8.96. The van der Waals surface area contributed by atoms with Gasteiger partial charge in [0.25, 0.3) is 0 Å². The van der Waals surface area contributed by atoms with Gasteiger partial charge in [-0.1, -0.05) is 24.3 Å². The molecular formula is C20H24N2O3S. The number of para-hydroxylation sites is 2. The number of nitrogens with one attached hydrogen (secondary N) is 1. The number of nitrogens with zero attached hydrogens (tertiary/aromatic N) is 1. The van der Waals surface area contributed by atoms with Crippen LogP contribution in [0.2, 0.25) is 0 Å². The Balaban J connectivity index is 1.41. The molecule has 138 valence electrons. The summed E-state index contributed by atoms with van der Waals surface area (Å²) in [5.41, 5.74) is 1.19. The minimum atomic E-state index is -0.168. The Morgan fingerprint density at radius 2 is 1.92 bits per heavy atom. The fourth-order valence-electron chi connectivity index (χ4n) is 2.79. The molecule has 2 aromatic rings. The van der Waals surface area contributed by atoms with Gasteiger partial charge in [0.1, 0.15) is 12.7 Å². The molecule has 1 N–H and O–H groups in total. The SMILES string of the molecule is CSc1ccc(CN(C)CC(=O)NCC2COc3ccccc3O2)cc1. The van der Waals surface area contributed by atoms with E-state index in [1.165, 1.54) is 10.5 Å². The lowest BCUT2D eigenvalue weighted by molar-refractivity contribution is -0.122. The van der Waals surface area contributed by atoms with Crippen LogP contribution in [0.15, 0.2) is 53.4 Å². The second-order valence-corrected chi connectivity index (χ2v) is 7.20. The van der Waals surface area contributed by atoms with Crippen LogP contribution in [-0.4, -0.2) is 49.9 Å². The number of carbonyl (C=O) groups excluding carboxylic acids is 1. The lowest BCUT2D eigenvalue weighted by Crippen LogP contribution is -2.43. The first-order valence-electron chi connectivity index (χ1n) is 8.60. The molecule has 5 nitrogen and oxygen atoms in total. The molecule has 6 heteroatoms. The highest BCUT2D eigenvalue weighted by Crippen LogP contribution is 2.30. The van der Waals surface area contributed by atoms with Gasteiger partial charge in [0, 0.05) is 11.4 Å². The van der Waals surface area contributed by atoms with Gasteiger partial charge in [-0.05, 0) is 43.1 Å². The van der Waals surface area contributed by atoms with Gasteiger partial charge in [-0.3, -0.25) is 9.69 Å². The van der Waals surface area contributed by atoms with E-state index < -0.39 is 0 Å². The third-order valence-corrected chi connectivity index (χ3v) is 4.86. The zero-order valence-electron chi connectivity index (χ0n) is 15.1. The summed E-state index contributed by atoms with van der Waals surface area (Å²) in [5, 5.41) is 2.93. The maximum absolute atomic E-state index is 12.2. The van der Waals surface area contributed by atoms with Crippen LogP contribution in [0.5, 0.6) is 11.5 Å². The molecular weight excluding hydrogens is 348 g/mol. The molecule has 0 aromatic heterocycles. The molecule has 1 aliphatic heterocycles. The smallest absolute Gasteiger partial charge is 0.234 e. The summed E-state index contributed by atoms with van der Waals surface area (Å²) in [6.45, 7) is 1.95. The normalized spacial score (nSPS) is 15.7. The zero-order chi connectivity index (χ0) is 18.4. The Labute approximate surface area is 158 Å². The second-order valence-electron chi connectivity index (χ2n) is 6.32. The highest BCUT2D eigenvalue weighted by atomic mass is 32.2. The van der Waals surface area contributed by atoms with Crippen LogP contribution < -0.4 is 14.8 Å². The number of carbonyl (C=O) groups is 1. The van der Waals surface area contributed by atoms with Crippen LogP contribution >= 0.6 is 11.8 Å². The fraction of sp³-hybridized carbons (Fsp3) is 0.350. The van der Waals surface area contributed by atoms with Crippen molar-refractivity contribution in [3.05, 3.63) is 54.1 Å². The van der Waals surface area contributed by atoms with Crippen molar-refractivity contribution < 1.29 is 14.3 Å². The van der Waals surface area contributed by atoms with Crippen molar-refractivity contribution in [1.82, 2.24) is 10.2 Å². The average Bonchev–Trinajstić information content (AvgIpc) is 2.66. The lowest BCUT2D eigenvalue weighted by atomic mass is 10.2. The van der Waals surface area contributed by atoms with E-state index in [0.717, 1.165) is 18.0 Å². The van der Waals surface area contributed by atoms with Gasteiger partial charge >= 0.3 is 0 Å². The summed E-state index contributed by atoms with van der Waals surface area (Å²) in [6, 6.07) is 16.0. The van der Waals surface area contributed by atoms with Crippen molar-refractivity contribution in [2.75, 3.05) is 33.0 Å². The van der Waals surface area contributed by atoms with Gasteiger partial charge in [0.05, 0.1) is 13.1 Å². The highest BCUT2D eigenvalue weighted by Gasteiger charge is 2.21. The van der Waals surface area contributed by atoms with E-state index in [9.17, 15) is 4.79 Å². The molecule has 0 aliphatic carbocycles. The van der Waals surface area contributed by atoms with E-state index >= 15 is 0 Å². The molecule has 2 aromatic carbocycles. The third kappa shape index (κ3) is 5.16. The van der Waals surface area contributed by atoms with Crippen LogP contribution in [0.25, 0.3) is 0 Å². The number of thioether (sulfide) groups is 1. The van der Waals surface area contributed by atoms with Crippen molar-refractivity contribution in [1.29, 1.82) is 0 Å². The first kappa shape index (κ1) is 18.6. The van der Waals surface area contributed by atoms with Crippen molar-refractivity contribution in [2.45, 2.75) is 17.5 Å². The Kier molecular flexibility index (Phi) is 6.41. The van der Waals surface area contributed by atoms with Crippen molar-refractivity contribution >= 4 is 17.7 Å². The van der Waals surface area contributed by atoms with Gasteiger partial charge in [0.2, 0.25) is 5.91 Å². The Hall–Kier alpha value is -2.18. The minimum absolute atomic E-state index is 0.0179. The largest absolute Gasteiger partial charge is 0.486 e. The molecule has 0 fully saturated rings. The molecule has 1 aliphatic rings. The van der Waals surface area contributed by atoms with E-state index in [1.807, 2.05) is 36.2 Å².